The van der Waals surface area contributed by atoms with Gasteiger partial charge >= 0.3 is 0 Å². The molecule has 0 unspecified atom stereocenters. The minimum absolute atomic E-state index is 0.750. The molecule has 2 aliphatic carbocycles. The fourth-order valence-electron chi connectivity index (χ4n) is 5.20. The van der Waals surface area contributed by atoms with Crippen molar-refractivity contribution in [3.63, 3.8) is 0 Å². The smallest absolute Gasteiger partial charge is 0.0249 e. The molecule has 2 aliphatic rings. The molecule has 28 heavy (non-hydrogen) atoms. The molecule has 152 valence electrons. The van der Waals surface area contributed by atoms with E-state index in [4.69, 9.17) is 0 Å². The van der Waals surface area contributed by atoms with Gasteiger partial charge in [0.25, 0.3) is 0 Å². The largest absolute Gasteiger partial charge is 0.0730 e. The number of hydrogen-bond acceptors (Lipinski definition) is 0. The van der Waals surface area contributed by atoms with Crippen LogP contribution in [0.4, 0.5) is 0 Å². The van der Waals surface area contributed by atoms with Gasteiger partial charge in [-0.15, -0.1) is 0 Å². The van der Waals surface area contributed by atoms with Crippen LogP contribution in [0.1, 0.15) is 89.5 Å². The molecule has 2 fully saturated rings. The van der Waals surface area contributed by atoms with E-state index < -0.39 is 0 Å². The van der Waals surface area contributed by atoms with Crippen molar-refractivity contribution >= 4 is 15.9 Å². The zero-order valence-electron chi connectivity index (χ0n) is 17.6. The summed E-state index contributed by atoms with van der Waals surface area (Å²) in [4.78, 5) is 0. The topological polar surface area (TPSA) is 0 Å². The predicted molar refractivity (Wildman–Crippen MR) is 125 cm³/mol. The van der Waals surface area contributed by atoms with Crippen LogP contribution in [-0.2, 0) is 0 Å². The third-order valence-electron chi connectivity index (χ3n) is 7.05. The lowest BCUT2D eigenvalue weighted by atomic mass is 9.75. The van der Waals surface area contributed by atoms with Crippen molar-refractivity contribution in [2.45, 2.75) is 84.0 Å². The van der Waals surface area contributed by atoms with Crippen LogP contribution in [0.3, 0.4) is 0 Å². The molecule has 3 rings (SSSR count). The SMILES string of the molecule is CCC[C@H]1CC[C@H](CCC2CCC(/C=C/C#Cc3ccc(Br)cc3)CC2)CC1. The zero-order chi connectivity index (χ0) is 19.6. The molecule has 0 aliphatic heterocycles. The Hall–Kier alpha value is -1.000. The van der Waals surface area contributed by atoms with Crippen molar-refractivity contribution < 1.29 is 0 Å². The van der Waals surface area contributed by atoms with Crippen molar-refractivity contribution in [2.24, 2.45) is 23.7 Å². The number of rotatable bonds is 6. The molecule has 0 spiro atoms. The summed E-state index contributed by atoms with van der Waals surface area (Å²) in [5.41, 5.74) is 1.08. The fraction of sp³-hybridized carbons (Fsp3) is 0.630. The van der Waals surface area contributed by atoms with Crippen LogP contribution in [0.2, 0.25) is 0 Å². The molecule has 0 saturated heterocycles. The molecule has 0 bridgehead atoms. The fourth-order valence-corrected chi connectivity index (χ4v) is 5.46. The molecule has 0 amide bonds. The number of benzene rings is 1. The van der Waals surface area contributed by atoms with Crippen LogP contribution in [0.15, 0.2) is 40.9 Å². The van der Waals surface area contributed by atoms with Gasteiger partial charge in [0.05, 0.1) is 0 Å². The Morgan fingerprint density at radius 2 is 1.36 bits per heavy atom. The molecule has 0 radical (unpaired) electrons. The molecular formula is C27H37Br. The average Bonchev–Trinajstić information content (AvgIpc) is 2.73. The molecule has 0 N–H and O–H groups in total. The standard InChI is InChI=1S/C27H37Br/c1-2-5-22-8-12-25(13-9-22)16-17-26-14-10-23(11-15-26)6-3-4-7-24-18-20-27(28)21-19-24/h3,6,18-23,25-26H,2,5,8-17H2,1H3/b6-3+/t22-,23?,25-,26?. The van der Waals surface area contributed by atoms with E-state index >= 15 is 0 Å². The normalized spacial score (nSPS) is 28.1. The second-order valence-corrected chi connectivity index (χ2v) is 10.1. The van der Waals surface area contributed by atoms with E-state index in [0.717, 1.165) is 33.7 Å². The summed E-state index contributed by atoms with van der Waals surface area (Å²) in [6.45, 7) is 2.34. The highest BCUT2D eigenvalue weighted by atomic mass is 79.9. The number of allylic oxidation sites excluding steroid dienone is 2. The van der Waals surface area contributed by atoms with E-state index in [1.165, 1.54) is 77.0 Å². The number of halogens is 1. The van der Waals surface area contributed by atoms with Crippen molar-refractivity contribution in [2.75, 3.05) is 0 Å². The van der Waals surface area contributed by atoms with Crippen LogP contribution in [0, 0.1) is 35.5 Å². The Morgan fingerprint density at radius 3 is 1.93 bits per heavy atom. The van der Waals surface area contributed by atoms with E-state index in [2.05, 4.69) is 59.0 Å². The van der Waals surface area contributed by atoms with E-state index in [1.807, 2.05) is 12.1 Å². The molecule has 0 nitrogen and oxygen atoms in total. The highest BCUT2D eigenvalue weighted by molar-refractivity contribution is 9.10. The summed E-state index contributed by atoms with van der Waals surface area (Å²) in [7, 11) is 0. The van der Waals surface area contributed by atoms with E-state index in [9.17, 15) is 0 Å². The first-order valence-electron chi connectivity index (χ1n) is 11.7. The molecule has 0 aromatic heterocycles. The van der Waals surface area contributed by atoms with Gasteiger partial charge in [-0.1, -0.05) is 92.1 Å². The lowest BCUT2D eigenvalue weighted by molar-refractivity contribution is 0.221. The maximum absolute atomic E-state index is 3.46. The van der Waals surface area contributed by atoms with Crippen molar-refractivity contribution in [3.05, 3.63) is 46.5 Å². The lowest BCUT2D eigenvalue weighted by Gasteiger charge is -2.31. The van der Waals surface area contributed by atoms with Gasteiger partial charge in [0, 0.05) is 10.0 Å². The van der Waals surface area contributed by atoms with Gasteiger partial charge in [-0.25, -0.2) is 0 Å². The average molecular weight is 441 g/mol. The Balaban J connectivity index is 1.31. The third-order valence-corrected chi connectivity index (χ3v) is 7.58. The van der Waals surface area contributed by atoms with Crippen molar-refractivity contribution in [3.8, 4) is 11.8 Å². The number of hydrogen-bond donors (Lipinski definition) is 0. The molecule has 0 atom stereocenters. The summed E-state index contributed by atoms with van der Waals surface area (Å²) >= 11 is 3.46. The minimum atomic E-state index is 0.750. The Morgan fingerprint density at radius 1 is 0.821 bits per heavy atom. The third kappa shape index (κ3) is 7.44. The van der Waals surface area contributed by atoms with Gasteiger partial charge in [-0.05, 0) is 79.7 Å². The Bertz CT molecular complexity index is 644. The van der Waals surface area contributed by atoms with Gasteiger partial charge in [-0.3, -0.25) is 0 Å². The molecule has 1 aromatic carbocycles. The quantitative estimate of drug-likeness (QED) is 0.388. The first-order chi connectivity index (χ1) is 13.7. The summed E-state index contributed by atoms with van der Waals surface area (Å²) in [6, 6.07) is 8.22. The monoisotopic (exact) mass is 440 g/mol. The van der Waals surface area contributed by atoms with Crippen LogP contribution >= 0.6 is 15.9 Å². The van der Waals surface area contributed by atoms with Crippen LogP contribution in [0.25, 0.3) is 0 Å². The molecule has 1 heteroatoms. The molecule has 1 aromatic rings. The van der Waals surface area contributed by atoms with Gasteiger partial charge < -0.3 is 0 Å². The Kier molecular flexibility index (Phi) is 9.20. The van der Waals surface area contributed by atoms with Crippen LogP contribution in [0.5, 0.6) is 0 Å². The highest BCUT2D eigenvalue weighted by Gasteiger charge is 2.23. The molecule has 2 saturated carbocycles. The highest BCUT2D eigenvalue weighted by Crippen LogP contribution is 2.37. The van der Waals surface area contributed by atoms with Crippen molar-refractivity contribution in [1.82, 2.24) is 0 Å². The van der Waals surface area contributed by atoms with E-state index in [1.54, 1.807) is 0 Å². The molecular weight excluding hydrogens is 404 g/mol. The first kappa shape index (κ1) is 21.7. The second-order valence-electron chi connectivity index (χ2n) is 9.17. The second kappa shape index (κ2) is 11.9. The van der Waals surface area contributed by atoms with E-state index in [-0.39, 0.29) is 0 Å². The summed E-state index contributed by atoms with van der Waals surface area (Å²) in [5.74, 6) is 10.3. The van der Waals surface area contributed by atoms with Crippen LogP contribution < -0.4 is 0 Å². The van der Waals surface area contributed by atoms with Gasteiger partial charge in [-0.2, -0.15) is 0 Å². The summed E-state index contributed by atoms with van der Waals surface area (Å²) in [5, 5.41) is 0. The molecule has 0 heterocycles. The van der Waals surface area contributed by atoms with Crippen LogP contribution in [-0.4, -0.2) is 0 Å². The maximum atomic E-state index is 3.46. The minimum Gasteiger partial charge on any atom is -0.0730 e. The van der Waals surface area contributed by atoms with E-state index in [0.29, 0.717) is 0 Å². The van der Waals surface area contributed by atoms with Gasteiger partial charge in [0.1, 0.15) is 0 Å². The summed E-state index contributed by atoms with van der Waals surface area (Å²) in [6.07, 6.45) is 21.9. The maximum Gasteiger partial charge on any atom is 0.0249 e. The summed E-state index contributed by atoms with van der Waals surface area (Å²) < 4.78 is 1.11. The van der Waals surface area contributed by atoms with Gasteiger partial charge in [0.2, 0.25) is 0 Å². The van der Waals surface area contributed by atoms with Gasteiger partial charge in [0.15, 0.2) is 0 Å². The Labute approximate surface area is 181 Å². The predicted octanol–water partition coefficient (Wildman–Crippen LogP) is 8.55. The zero-order valence-corrected chi connectivity index (χ0v) is 19.2. The lowest BCUT2D eigenvalue weighted by Crippen LogP contribution is -2.17. The van der Waals surface area contributed by atoms with Crippen molar-refractivity contribution in [1.29, 1.82) is 0 Å². The first-order valence-corrected chi connectivity index (χ1v) is 12.5.